The van der Waals surface area contributed by atoms with Crippen LogP contribution in [0.4, 0.5) is 16.3 Å². The first kappa shape index (κ1) is 18.8. The van der Waals surface area contributed by atoms with Gasteiger partial charge in [-0.1, -0.05) is 0 Å². The number of amides is 1. The molecule has 4 rings (SSSR count). The lowest BCUT2D eigenvalue weighted by molar-refractivity contribution is -0.389. The van der Waals surface area contributed by atoms with Crippen molar-refractivity contribution in [3.05, 3.63) is 40.6 Å². The molecule has 1 saturated heterocycles. The molecule has 1 unspecified atom stereocenters. The number of ether oxygens (including phenoxy) is 2. The Morgan fingerprint density at radius 2 is 1.97 bits per heavy atom. The van der Waals surface area contributed by atoms with Gasteiger partial charge in [0.2, 0.25) is 0 Å². The number of benzene rings is 1. The smallest absolute Gasteiger partial charge is 0.414 e. The lowest BCUT2D eigenvalue weighted by Crippen LogP contribution is -2.48. The highest BCUT2D eigenvalue weighted by Crippen LogP contribution is 2.25. The summed E-state index contributed by atoms with van der Waals surface area (Å²) in [5.41, 5.74) is 1.02. The van der Waals surface area contributed by atoms with Crippen LogP contribution in [0, 0.1) is 10.1 Å². The van der Waals surface area contributed by atoms with Crippen molar-refractivity contribution in [3.63, 3.8) is 0 Å². The minimum Gasteiger partial charge on any atom is -0.490 e. The van der Waals surface area contributed by atoms with Gasteiger partial charge in [-0.05, 0) is 29.2 Å². The van der Waals surface area contributed by atoms with Crippen LogP contribution in [-0.2, 0) is 6.54 Å². The minimum atomic E-state index is -0.879. The summed E-state index contributed by atoms with van der Waals surface area (Å²) >= 11 is 0. The summed E-state index contributed by atoms with van der Waals surface area (Å²) in [7, 11) is 0. The van der Waals surface area contributed by atoms with Crippen molar-refractivity contribution < 1.29 is 24.3 Å². The Balaban J connectivity index is 1.28. The third kappa shape index (κ3) is 4.18. The fourth-order valence-corrected chi connectivity index (χ4v) is 3.43. The molecular formula is C18H21N5O6. The summed E-state index contributed by atoms with van der Waals surface area (Å²) < 4.78 is 13.1. The van der Waals surface area contributed by atoms with E-state index in [-0.39, 0.29) is 17.9 Å². The average Bonchev–Trinajstić information content (AvgIpc) is 3.16. The normalized spacial score (nSPS) is 18.7. The van der Waals surface area contributed by atoms with Crippen molar-refractivity contribution in [1.29, 1.82) is 0 Å². The molecule has 0 bridgehead atoms. The molecule has 1 N–H and O–H groups in total. The van der Waals surface area contributed by atoms with Gasteiger partial charge >= 0.3 is 17.9 Å². The molecule has 11 nitrogen and oxygen atoms in total. The van der Waals surface area contributed by atoms with Gasteiger partial charge in [0.15, 0.2) is 0 Å². The van der Waals surface area contributed by atoms with Gasteiger partial charge in [0.05, 0.1) is 0 Å². The van der Waals surface area contributed by atoms with Crippen LogP contribution in [0.25, 0.3) is 0 Å². The highest BCUT2D eigenvalue weighted by Gasteiger charge is 2.28. The zero-order valence-corrected chi connectivity index (χ0v) is 15.6. The SMILES string of the molecule is O=C(O)N1CCN(c2ccc(OCC3CCn4cc([N+](=O)[O-])nc4O3)cc2)CC1. The maximum absolute atomic E-state index is 11.0. The van der Waals surface area contributed by atoms with Crippen LogP contribution >= 0.6 is 0 Å². The summed E-state index contributed by atoms with van der Waals surface area (Å²) in [6.07, 6.45) is 0.942. The molecule has 2 aliphatic rings. The largest absolute Gasteiger partial charge is 0.490 e. The van der Waals surface area contributed by atoms with Crippen molar-refractivity contribution in [2.45, 2.75) is 19.1 Å². The van der Waals surface area contributed by atoms with Gasteiger partial charge in [0, 0.05) is 49.8 Å². The molecular weight excluding hydrogens is 382 g/mol. The van der Waals surface area contributed by atoms with Crippen LogP contribution in [0.1, 0.15) is 6.42 Å². The van der Waals surface area contributed by atoms with Gasteiger partial charge in [-0.3, -0.25) is 4.57 Å². The van der Waals surface area contributed by atoms with Crippen molar-refractivity contribution >= 4 is 17.6 Å². The first-order valence-electron chi connectivity index (χ1n) is 9.33. The Kier molecular flexibility index (Phi) is 5.10. The number of aromatic nitrogens is 2. The summed E-state index contributed by atoms with van der Waals surface area (Å²) in [6, 6.07) is 7.88. The van der Waals surface area contributed by atoms with Crippen LogP contribution in [0.15, 0.2) is 30.5 Å². The van der Waals surface area contributed by atoms with Gasteiger partial charge in [0.1, 0.15) is 24.7 Å². The number of nitrogens with zero attached hydrogens (tertiary/aromatic N) is 5. The Labute approximate surface area is 166 Å². The first-order chi connectivity index (χ1) is 14.0. The quantitative estimate of drug-likeness (QED) is 0.592. The van der Waals surface area contributed by atoms with Crippen molar-refractivity contribution in [2.75, 3.05) is 37.7 Å². The van der Waals surface area contributed by atoms with Gasteiger partial charge in [0.25, 0.3) is 0 Å². The number of nitro groups is 1. The van der Waals surface area contributed by atoms with Crippen LogP contribution in [-0.4, -0.2) is 69.5 Å². The summed E-state index contributed by atoms with van der Waals surface area (Å²) in [5, 5.41) is 19.8. The number of rotatable bonds is 5. The lowest BCUT2D eigenvalue weighted by atomic mass is 10.2. The number of piperazine rings is 1. The molecule has 2 aromatic rings. The highest BCUT2D eigenvalue weighted by atomic mass is 16.6. The molecule has 2 aliphatic heterocycles. The van der Waals surface area contributed by atoms with E-state index in [0.717, 1.165) is 5.69 Å². The Morgan fingerprint density at radius 1 is 1.24 bits per heavy atom. The minimum absolute atomic E-state index is 0.221. The number of aryl methyl sites for hydroxylation is 1. The van der Waals surface area contributed by atoms with Gasteiger partial charge in [-0.25, -0.2) is 4.79 Å². The van der Waals surface area contributed by atoms with E-state index < -0.39 is 11.0 Å². The molecule has 29 heavy (non-hydrogen) atoms. The molecule has 154 valence electrons. The third-order valence-electron chi connectivity index (χ3n) is 5.07. The second kappa shape index (κ2) is 7.86. The monoisotopic (exact) mass is 403 g/mol. The van der Waals surface area contributed by atoms with Crippen LogP contribution in [0.2, 0.25) is 0 Å². The molecule has 11 heteroatoms. The predicted molar refractivity (Wildman–Crippen MR) is 102 cm³/mol. The first-order valence-corrected chi connectivity index (χ1v) is 9.33. The second-order valence-corrected chi connectivity index (χ2v) is 6.92. The van der Waals surface area contributed by atoms with Crippen molar-refractivity contribution in [1.82, 2.24) is 14.5 Å². The van der Waals surface area contributed by atoms with E-state index >= 15 is 0 Å². The number of carboxylic acid groups (broad SMARTS) is 1. The van der Waals surface area contributed by atoms with Crippen LogP contribution in [0.5, 0.6) is 11.8 Å². The number of carbonyl (C=O) groups is 1. The molecule has 0 radical (unpaired) electrons. The number of anilines is 1. The van der Waals surface area contributed by atoms with E-state index in [1.54, 1.807) is 4.57 Å². The van der Waals surface area contributed by atoms with Gasteiger partial charge in [-0.2, -0.15) is 0 Å². The molecule has 1 aromatic heterocycles. The number of hydrogen-bond acceptors (Lipinski definition) is 7. The summed E-state index contributed by atoms with van der Waals surface area (Å²) in [4.78, 5) is 28.7. The summed E-state index contributed by atoms with van der Waals surface area (Å²) in [5.74, 6) is 0.475. The molecule has 0 spiro atoms. The molecule has 0 saturated carbocycles. The molecule has 1 amide bonds. The number of imidazole rings is 1. The predicted octanol–water partition coefficient (Wildman–Crippen LogP) is 1.82. The molecule has 1 fully saturated rings. The fourth-order valence-electron chi connectivity index (χ4n) is 3.43. The topological polar surface area (TPSA) is 123 Å². The number of fused-ring (bicyclic) bond motifs is 1. The van der Waals surface area contributed by atoms with E-state index in [4.69, 9.17) is 14.6 Å². The molecule has 0 aliphatic carbocycles. The third-order valence-corrected chi connectivity index (χ3v) is 5.07. The fraction of sp³-hybridized carbons (Fsp3) is 0.444. The van der Waals surface area contributed by atoms with Crippen LogP contribution < -0.4 is 14.4 Å². The lowest BCUT2D eigenvalue weighted by Gasteiger charge is -2.34. The molecule has 1 atom stereocenters. The standard InChI is InChI=1S/C18H21N5O6/c24-18(25)21-9-7-20(8-10-21)13-1-3-14(4-2-13)28-12-15-5-6-22-11-16(23(26)27)19-17(22)29-15/h1-4,11,15H,5-10,12H2,(H,24,25). The van der Waals surface area contributed by atoms with E-state index in [1.165, 1.54) is 11.1 Å². The molecule has 1 aromatic carbocycles. The zero-order valence-electron chi connectivity index (χ0n) is 15.6. The van der Waals surface area contributed by atoms with E-state index in [0.29, 0.717) is 51.5 Å². The van der Waals surface area contributed by atoms with Crippen molar-refractivity contribution in [3.8, 4) is 11.8 Å². The Hall–Kier alpha value is -3.50. The number of hydrogen-bond donors (Lipinski definition) is 1. The highest BCUT2D eigenvalue weighted by molar-refractivity contribution is 5.65. The Morgan fingerprint density at radius 3 is 2.62 bits per heavy atom. The second-order valence-electron chi connectivity index (χ2n) is 6.92. The average molecular weight is 403 g/mol. The van der Waals surface area contributed by atoms with E-state index in [1.807, 2.05) is 24.3 Å². The van der Waals surface area contributed by atoms with E-state index in [2.05, 4.69) is 9.88 Å². The van der Waals surface area contributed by atoms with Gasteiger partial charge in [-0.15, -0.1) is 0 Å². The zero-order chi connectivity index (χ0) is 20.4. The maximum atomic E-state index is 11.0. The van der Waals surface area contributed by atoms with Crippen LogP contribution in [0.3, 0.4) is 0 Å². The molecule has 3 heterocycles. The summed E-state index contributed by atoms with van der Waals surface area (Å²) in [6.45, 7) is 3.19. The van der Waals surface area contributed by atoms with Crippen molar-refractivity contribution in [2.24, 2.45) is 0 Å². The maximum Gasteiger partial charge on any atom is 0.414 e. The van der Waals surface area contributed by atoms with Gasteiger partial charge < -0.3 is 34.5 Å². The van der Waals surface area contributed by atoms with E-state index in [9.17, 15) is 14.9 Å². The Bertz CT molecular complexity index is 891.